The average Bonchev–Trinajstić information content (AvgIpc) is 2.46. The molecule has 2 rings (SSSR count). The molecular weight excluding hydrogens is 246 g/mol. The molecule has 0 aromatic heterocycles. The average molecular weight is 263 g/mol. The molecule has 102 valence electrons. The SMILES string of the molecule is COC(=O)C1CCCN(C(=O)c2ccc(O)cc2)C1. The van der Waals surface area contributed by atoms with Gasteiger partial charge in [-0.05, 0) is 37.1 Å². The van der Waals surface area contributed by atoms with E-state index in [1.165, 1.54) is 19.2 Å². The molecule has 1 aromatic rings. The minimum atomic E-state index is -0.261. The van der Waals surface area contributed by atoms with Crippen LogP contribution in [0.15, 0.2) is 24.3 Å². The number of piperidine rings is 1. The number of nitrogens with zero attached hydrogens (tertiary/aromatic N) is 1. The molecule has 5 heteroatoms. The fourth-order valence-corrected chi connectivity index (χ4v) is 2.31. The summed E-state index contributed by atoms with van der Waals surface area (Å²) in [4.78, 5) is 25.4. The van der Waals surface area contributed by atoms with Crippen molar-refractivity contribution in [1.29, 1.82) is 0 Å². The summed E-state index contributed by atoms with van der Waals surface area (Å²) >= 11 is 0. The molecule has 0 aliphatic carbocycles. The first kappa shape index (κ1) is 13.4. The maximum atomic E-state index is 12.3. The molecule has 0 radical (unpaired) electrons. The summed E-state index contributed by atoms with van der Waals surface area (Å²) in [5, 5.41) is 9.21. The minimum absolute atomic E-state index is 0.117. The predicted molar refractivity (Wildman–Crippen MR) is 68.8 cm³/mol. The Bertz CT molecular complexity index is 469. The highest BCUT2D eigenvalue weighted by molar-refractivity contribution is 5.94. The minimum Gasteiger partial charge on any atom is -0.508 e. The van der Waals surface area contributed by atoms with E-state index in [0.717, 1.165) is 12.8 Å². The first-order chi connectivity index (χ1) is 9.11. The summed E-state index contributed by atoms with van der Waals surface area (Å²) in [5.41, 5.74) is 0.517. The molecule has 19 heavy (non-hydrogen) atoms. The maximum Gasteiger partial charge on any atom is 0.310 e. The Hall–Kier alpha value is -2.04. The van der Waals surface area contributed by atoms with Crippen LogP contribution in [0, 0.1) is 5.92 Å². The first-order valence-corrected chi connectivity index (χ1v) is 6.28. The number of likely N-dealkylation sites (tertiary alicyclic amines) is 1. The van der Waals surface area contributed by atoms with Crippen molar-refractivity contribution in [3.05, 3.63) is 29.8 Å². The zero-order valence-corrected chi connectivity index (χ0v) is 10.8. The summed E-state index contributed by atoms with van der Waals surface area (Å²) in [5.74, 6) is -0.487. The smallest absolute Gasteiger partial charge is 0.310 e. The number of methoxy groups -OCH3 is 1. The molecule has 5 nitrogen and oxygen atoms in total. The summed E-state index contributed by atoms with van der Waals surface area (Å²) in [6.45, 7) is 1.04. The summed E-state index contributed by atoms with van der Waals surface area (Å²) < 4.78 is 4.73. The number of rotatable bonds is 2. The third-order valence-corrected chi connectivity index (χ3v) is 3.36. The van der Waals surface area contributed by atoms with Crippen molar-refractivity contribution in [2.75, 3.05) is 20.2 Å². The Morgan fingerprint density at radius 2 is 2.00 bits per heavy atom. The van der Waals surface area contributed by atoms with Gasteiger partial charge in [0.25, 0.3) is 5.91 Å². The van der Waals surface area contributed by atoms with Crippen LogP contribution in [-0.4, -0.2) is 42.1 Å². The van der Waals surface area contributed by atoms with E-state index in [1.54, 1.807) is 17.0 Å². The molecule has 0 saturated carbocycles. The number of aromatic hydroxyl groups is 1. The Labute approximate surface area is 111 Å². The quantitative estimate of drug-likeness (QED) is 0.819. The van der Waals surface area contributed by atoms with Crippen LogP contribution in [0.25, 0.3) is 0 Å². The zero-order chi connectivity index (χ0) is 13.8. The molecule has 1 amide bonds. The highest BCUT2D eigenvalue weighted by Crippen LogP contribution is 2.20. The van der Waals surface area contributed by atoms with Crippen LogP contribution in [-0.2, 0) is 9.53 Å². The van der Waals surface area contributed by atoms with Gasteiger partial charge in [0.15, 0.2) is 0 Å². The second-order valence-electron chi connectivity index (χ2n) is 4.66. The number of benzene rings is 1. The van der Waals surface area contributed by atoms with Crippen LogP contribution in [0.1, 0.15) is 23.2 Å². The van der Waals surface area contributed by atoms with Gasteiger partial charge in [-0.25, -0.2) is 0 Å². The van der Waals surface area contributed by atoms with Crippen molar-refractivity contribution in [2.24, 2.45) is 5.92 Å². The van der Waals surface area contributed by atoms with E-state index in [0.29, 0.717) is 18.7 Å². The summed E-state index contributed by atoms with van der Waals surface area (Å²) in [7, 11) is 1.36. The number of carbonyl (C=O) groups is 2. The van der Waals surface area contributed by atoms with Gasteiger partial charge in [0.2, 0.25) is 0 Å². The fourth-order valence-electron chi connectivity index (χ4n) is 2.31. The Morgan fingerprint density at radius 1 is 1.32 bits per heavy atom. The molecule has 1 atom stereocenters. The maximum absolute atomic E-state index is 12.3. The number of esters is 1. The number of ether oxygens (including phenoxy) is 1. The van der Waals surface area contributed by atoms with Crippen LogP contribution in [0.5, 0.6) is 5.75 Å². The second-order valence-corrected chi connectivity index (χ2v) is 4.66. The fraction of sp³-hybridized carbons (Fsp3) is 0.429. The van der Waals surface area contributed by atoms with Crippen LogP contribution in [0.2, 0.25) is 0 Å². The van der Waals surface area contributed by atoms with Gasteiger partial charge in [0, 0.05) is 18.7 Å². The van der Waals surface area contributed by atoms with Gasteiger partial charge >= 0.3 is 5.97 Å². The van der Waals surface area contributed by atoms with E-state index in [9.17, 15) is 14.7 Å². The standard InChI is InChI=1S/C14H17NO4/c1-19-14(18)11-3-2-8-15(9-11)13(17)10-4-6-12(16)7-5-10/h4-7,11,16H,2-3,8-9H2,1H3. The largest absolute Gasteiger partial charge is 0.508 e. The van der Waals surface area contributed by atoms with Crippen molar-refractivity contribution in [2.45, 2.75) is 12.8 Å². The van der Waals surface area contributed by atoms with Gasteiger partial charge < -0.3 is 14.7 Å². The molecule has 1 heterocycles. The topological polar surface area (TPSA) is 66.8 Å². The molecule has 1 aliphatic heterocycles. The lowest BCUT2D eigenvalue weighted by Crippen LogP contribution is -2.42. The number of phenols is 1. The third kappa shape index (κ3) is 3.05. The third-order valence-electron chi connectivity index (χ3n) is 3.36. The van der Waals surface area contributed by atoms with Crippen LogP contribution < -0.4 is 0 Å². The molecule has 1 aliphatic rings. The summed E-state index contributed by atoms with van der Waals surface area (Å²) in [6, 6.07) is 6.13. The highest BCUT2D eigenvalue weighted by atomic mass is 16.5. The number of carbonyl (C=O) groups excluding carboxylic acids is 2. The number of phenolic OH excluding ortho intramolecular Hbond substituents is 1. The second kappa shape index (κ2) is 5.73. The molecule has 1 fully saturated rings. The monoisotopic (exact) mass is 263 g/mol. The zero-order valence-electron chi connectivity index (χ0n) is 10.8. The first-order valence-electron chi connectivity index (χ1n) is 6.28. The highest BCUT2D eigenvalue weighted by Gasteiger charge is 2.29. The van der Waals surface area contributed by atoms with E-state index in [2.05, 4.69) is 0 Å². The van der Waals surface area contributed by atoms with E-state index < -0.39 is 0 Å². The summed E-state index contributed by atoms with van der Waals surface area (Å²) in [6.07, 6.45) is 1.55. The molecule has 0 spiro atoms. The Morgan fingerprint density at radius 3 is 2.63 bits per heavy atom. The van der Waals surface area contributed by atoms with Crippen molar-refractivity contribution in [3.63, 3.8) is 0 Å². The lowest BCUT2D eigenvalue weighted by atomic mass is 9.97. The Kier molecular flexibility index (Phi) is 4.04. The van der Waals surface area contributed by atoms with Crippen LogP contribution >= 0.6 is 0 Å². The van der Waals surface area contributed by atoms with Gasteiger partial charge in [-0.3, -0.25) is 9.59 Å². The lowest BCUT2D eigenvalue weighted by Gasteiger charge is -2.31. The Balaban J connectivity index is 2.06. The lowest BCUT2D eigenvalue weighted by molar-refractivity contribution is -0.146. The van der Waals surface area contributed by atoms with E-state index in [1.807, 2.05) is 0 Å². The van der Waals surface area contributed by atoms with E-state index in [4.69, 9.17) is 4.74 Å². The van der Waals surface area contributed by atoms with Crippen LogP contribution in [0.4, 0.5) is 0 Å². The number of hydrogen-bond acceptors (Lipinski definition) is 4. The van der Waals surface area contributed by atoms with Crippen molar-refractivity contribution in [1.82, 2.24) is 4.90 Å². The van der Waals surface area contributed by atoms with Crippen LogP contribution in [0.3, 0.4) is 0 Å². The molecule has 0 bridgehead atoms. The van der Waals surface area contributed by atoms with Gasteiger partial charge in [-0.1, -0.05) is 0 Å². The molecule has 1 saturated heterocycles. The van der Waals surface area contributed by atoms with Gasteiger partial charge in [0.05, 0.1) is 13.0 Å². The molecule has 1 unspecified atom stereocenters. The van der Waals surface area contributed by atoms with Crippen molar-refractivity contribution >= 4 is 11.9 Å². The predicted octanol–water partition coefficient (Wildman–Crippen LogP) is 1.42. The number of hydrogen-bond donors (Lipinski definition) is 1. The van der Waals surface area contributed by atoms with E-state index in [-0.39, 0.29) is 23.5 Å². The normalized spacial score (nSPS) is 19.0. The van der Waals surface area contributed by atoms with Crippen molar-refractivity contribution in [3.8, 4) is 5.75 Å². The number of amides is 1. The molecule has 1 aromatic carbocycles. The van der Waals surface area contributed by atoms with Gasteiger partial charge in [0.1, 0.15) is 5.75 Å². The van der Waals surface area contributed by atoms with Gasteiger partial charge in [-0.2, -0.15) is 0 Å². The molecular formula is C14H17NO4. The molecule has 1 N–H and O–H groups in total. The van der Waals surface area contributed by atoms with E-state index >= 15 is 0 Å². The van der Waals surface area contributed by atoms with Crippen molar-refractivity contribution < 1.29 is 19.4 Å². The van der Waals surface area contributed by atoms with Gasteiger partial charge in [-0.15, -0.1) is 0 Å².